The van der Waals surface area contributed by atoms with Crippen LogP contribution in [0.25, 0.3) is 5.69 Å². The highest BCUT2D eigenvalue weighted by Gasteiger charge is 2.19. The number of tetrazole rings is 1. The monoisotopic (exact) mass is 413 g/mol. The number of thioether (sulfide) groups is 1. The van der Waals surface area contributed by atoms with Gasteiger partial charge in [0.05, 0.1) is 10.9 Å². The number of hydrogen-bond acceptors (Lipinski definition) is 5. The molecule has 2 aromatic carbocycles. The number of rotatable bonds is 9. The molecule has 0 aliphatic rings. The predicted molar refractivity (Wildman–Crippen MR) is 111 cm³/mol. The highest BCUT2D eigenvalue weighted by atomic mass is 32.2. The van der Waals surface area contributed by atoms with Crippen LogP contribution in [0.1, 0.15) is 37.8 Å². The fraction of sp³-hybridized carbons (Fsp3) is 0.333. The third-order valence-corrected chi connectivity index (χ3v) is 5.51. The Hall–Kier alpha value is -2.74. The summed E-state index contributed by atoms with van der Waals surface area (Å²) >= 11 is 1.29. The number of hydrogen-bond donors (Lipinski definition) is 1. The maximum atomic E-state index is 13.0. The van der Waals surface area contributed by atoms with Crippen molar-refractivity contribution in [2.45, 2.75) is 50.1 Å². The van der Waals surface area contributed by atoms with Crippen LogP contribution in [0.3, 0.4) is 0 Å². The molecular formula is C21H24FN5OS. The SMILES string of the molecule is CCCCc1ccc(-n2nnnc2SC(C)C(=O)NCc2ccc(F)cc2)cc1. The van der Waals surface area contributed by atoms with Gasteiger partial charge in [-0.2, -0.15) is 4.68 Å². The molecule has 0 radical (unpaired) electrons. The van der Waals surface area contributed by atoms with E-state index in [4.69, 9.17) is 0 Å². The van der Waals surface area contributed by atoms with Gasteiger partial charge in [0.25, 0.3) is 0 Å². The smallest absolute Gasteiger partial charge is 0.233 e. The first-order chi connectivity index (χ1) is 14.1. The topological polar surface area (TPSA) is 72.7 Å². The molecule has 0 fully saturated rings. The normalized spacial score (nSPS) is 12.0. The van der Waals surface area contributed by atoms with Crippen LogP contribution in [0.5, 0.6) is 0 Å². The van der Waals surface area contributed by atoms with Gasteiger partial charge in [0.2, 0.25) is 11.1 Å². The van der Waals surface area contributed by atoms with E-state index in [-0.39, 0.29) is 17.0 Å². The van der Waals surface area contributed by atoms with E-state index in [2.05, 4.69) is 39.9 Å². The molecule has 3 rings (SSSR count). The van der Waals surface area contributed by atoms with Gasteiger partial charge in [0, 0.05) is 6.54 Å². The zero-order valence-corrected chi connectivity index (χ0v) is 17.3. The Bertz CT molecular complexity index is 927. The van der Waals surface area contributed by atoms with Crippen LogP contribution >= 0.6 is 11.8 Å². The summed E-state index contributed by atoms with van der Waals surface area (Å²) in [6, 6.07) is 14.2. The van der Waals surface area contributed by atoms with E-state index < -0.39 is 0 Å². The number of carbonyl (C=O) groups excluding carboxylic acids is 1. The second-order valence-corrected chi connectivity index (χ2v) is 8.06. The number of nitrogens with one attached hydrogen (secondary N) is 1. The maximum Gasteiger partial charge on any atom is 0.233 e. The summed E-state index contributed by atoms with van der Waals surface area (Å²) in [5.41, 5.74) is 2.98. The molecule has 1 heterocycles. The fourth-order valence-corrected chi connectivity index (χ4v) is 3.58. The Balaban J connectivity index is 1.59. The fourth-order valence-electron chi connectivity index (χ4n) is 2.75. The summed E-state index contributed by atoms with van der Waals surface area (Å²) in [7, 11) is 0. The maximum absolute atomic E-state index is 13.0. The number of carbonyl (C=O) groups is 1. The van der Waals surface area contributed by atoms with E-state index >= 15 is 0 Å². The van der Waals surface area contributed by atoms with E-state index in [1.54, 1.807) is 23.7 Å². The number of nitrogens with zero attached hydrogens (tertiary/aromatic N) is 4. The molecule has 1 amide bonds. The van der Waals surface area contributed by atoms with Gasteiger partial charge in [-0.3, -0.25) is 4.79 Å². The van der Waals surface area contributed by atoms with Crippen molar-refractivity contribution in [2.24, 2.45) is 0 Å². The van der Waals surface area contributed by atoms with Crippen LogP contribution in [0, 0.1) is 5.82 Å². The first kappa shape index (κ1) is 21.0. The predicted octanol–water partition coefficient (Wildman–Crippen LogP) is 3.94. The molecule has 8 heteroatoms. The number of amides is 1. The van der Waals surface area contributed by atoms with Crippen LogP contribution < -0.4 is 5.32 Å². The number of unbranched alkanes of at least 4 members (excludes halogenated alkanes) is 1. The van der Waals surface area contributed by atoms with Gasteiger partial charge in [-0.05, 0) is 65.6 Å². The van der Waals surface area contributed by atoms with Gasteiger partial charge in [-0.25, -0.2) is 4.39 Å². The Morgan fingerprint density at radius 3 is 2.52 bits per heavy atom. The molecule has 152 valence electrons. The average molecular weight is 414 g/mol. The van der Waals surface area contributed by atoms with Crippen molar-refractivity contribution < 1.29 is 9.18 Å². The molecule has 0 bridgehead atoms. The molecule has 1 N–H and O–H groups in total. The highest BCUT2D eigenvalue weighted by molar-refractivity contribution is 8.00. The summed E-state index contributed by atoms with van der Waals surface area (Å²) in [5, 5.41) is 14.9. The summed E-state index contributed by atoms with van der Waals surface area (Å²) in [6.45, 7) is 4.32. The van der Waals surface area contributed by atoms with Gasteiger partial charge in [0.1, 0.15) is 5.82 Å². The summed E-state index contributed by atoms with van der Waals surface area (Å²) in [4.78, 5) is 12.4. The van der Waals surface area contributed by atoms with Crippen LogP contribution in [0.2, 0.25) is 0 Å². The second-order valence-electron chi connectivity index (χ2n) is 6.75. The Morgan fingerprint density at radius 1 is 1.14 bits per heavy atom. The van der Waals surface area contributed by atoms with Gasteiger partial charge in [0.15, 0.2) is 0 Å². The molecule has 0 spiro atoms. The van der Waals surface area contributed by atoms with E-state index in [0.717, 1.165) is 30.5 Å². The average Bonchev–Trinajstić information content (AvgIpc) is 3.20. The molecule has 29 heavy (non-hydrogen) atoms. The molecule has 0 aliphatic heterocycles. The van der Waals surface area contributed by atoms with Crippen molar-refractivity contribution in [2.75, 3.05) is 0 Å². The molecule has 1 unspecified atom stereocenters. The van der Waals surface area contributed by atoms with E-state index in [1.165, 1.54) is 29.5 Å². The zero-order chi connectivity index (χ0) is 20.6. The molecule has 1 atom stereocenters. The lowest BCUT2D eigenvalue weighted by molar-refractivity contribution is -0.120. The van der Waals surface area contributed by atoms with Crippen LogP contribution in [-0.4, -0.2) is 31.4 Å². The van der Waals surface area contributed by atoms with Crippen LogP contribution in [-0.2, 0) is 17.8 Å². The van der Waals surface area contributed by atoms with E-state index in [9.17, 15) is 9.18 Å². The van der Waals surface area contributed by atoms with Crippen LogP contribution in [0.15, 0.2) is 53.7 Å². The largest absolute Gasteiger partial charge is 0.351 e. The number of aryl methyl sites for hydroxylation is 1. The molecular weight excluding hydrogens is 389 g/mol. The number of halogens is 1. The Morgan fingerprint density at radius 2 is 1.83 bits per heavy atom. The molecule has 1 aromatic heterocycles. The first-order valence-electron chi connectivity index (χ1n) is 9.63. The van der Waals surface area contributed by atoms with Crippen molar-refractivity contribution in [1.82, 2.24) is 25.5 Å². The quantitative estimate of drug-likeness (QED) is 0.538. The van der Waals surface area contributed by atoms with Crippen LogP contribution in [0.4, 0.5) is 4.39 Å². The third-order valence-electron chi connectivity index (χ3n) is 4.47. The molecule has 3 aromatic rings. The lowest BCUT2D eigenvalue weighted by Crippen LogP contribution is -2.30. The minimum Gasteiger partial charge on any atom is -0.351 e. The summed E-state index contributed by atoms with van der Waals surface area (Å²) in [6.07, 6.45) is 3.38. The van der Waals surface area contributed by atoms with Crippen molar-refractivity contribution in [3.8, 4) is 5.69 Å². The van der Waals surface area contributed by atoms with Gasteiger partial charge >= 0.3 is 0 Å². The molecule has 0 saturated carbocycles. The first-order valence-corrected chi connectivity index (χ1v) is 10.5. The van der Waals surface area contributed by atoms with E-state index in [1.807, 2.05) is 12.1 Å². The van der Waals surface area contributed by atoms with Gasteiger partial charge in [-0.15, -0.1) is 5.10 Å². The lowest BCUT2D eigenvalue weighted by atomic mass is 10.1. The van der Waals surface area contributed by atoms with Crippen molar-refractivity contribution >= 4 is 17.7 Å². The second kappa shape index (κ2) is 10.2. The third kappa shape index (κ3) is 5.87. The van der Waals surface area contributed by atoms with Crippen molar-refractivity contribution in [1.29, 1.82) is 0 Å². The minimum atomic E-state index is -0.385. The number of aromatic nitrogens is 4. The zero-order valence-electron chi connectivity index (χ0n) is 16.5. The molecule has 6 nitrogen and oxygen atoms in total. The molecule has 0 aliphatic carbocycles. The van der Waals surface area contributed by atoms with Gasteiger partial charge in [-0.1, -0.05) is 49.4 Å². The molecule has 0 saturated heterocycles. The summed E-state index contributed by atoms with van der Waals surface area (Å²) in [5.74, 6) is -0.432. The Labute approximate surface area is 173 Å². The summed E-state index contributed by atoms with van der Waals surface area (Å²) < 4.78 is 14.6. The minimum absolute atomic E-state index is 0.135. The van der Waals surface area contributed by atoms with Gasteiger partial charge < -0.3 is 5.32 Å². The van der Waals surface area contributed by atoms with E-state index in [0.29, 0.717) is 11.7 Å². The number of benzene rings is 2. The lowest BCUT2D eigenvalue weighted by Gasteiger charge is -2.12. The Kier molecular flexibility index (Phi) is 7.35. The van der Waals surface area contributed by atoms with Crippen molar-refractivity contribution in [3.63, 3.8) is 0 Å². The van der Waals surface area contributed by atoms with Crippen molar-refractivity contribution in [3.05, 3.63) is 65.5 Å². The highest BCUT2D eigenvalue weighted by Crippen LogP contribution is 2.23. The standard InChI is InChI=1S/C21H24FN5OS/c1-3-4-5-16-8-12-19(13-9-16)27-21(24-25-26-27)29-15(2)20(28)23-14-17-6-10-18(22)11-7-17/h6-13,15H,3-5,14H2,1-2H3,(H,23,28).